The quantitative estimate of drug-likeness (QED) is 0.795. The van der Waals surface area contributed by atoms with Crippen LogP contribution in [0.3, 0.4) is 0 Å². The summed E-state index contributed by atoms with van der Waals surface area (Å²) in [6.45, 7) is -0.136. The SMILES string of the molecule is OCC1=CC(=C2N=NC(=Nc3ccc(Cl)cc3)c3ccccc32)N(O)C=C1. The summed E-state index contributed by atoms with van der Waals surface area (Å²) in [6, 6.07) is 14.7. The van der Waals surface area contributed by atoms with E-state index in [1.54, 1.807) is 36.4 Å². The molecular weight excluding hydrogens is 364 g/mol. The van der Waals surface area contributed by atoms with Gasteiger partial charge in [0, 0.05) is 22.3 Å². The normalized spacial score (nSPS) is 20.0. The Hall–Kier alpha value is -3.06. The zero-order valence-electron chi connectivity index (χ0n) is 14.1. The van der Waals surface area contributed by atoms with Gasteiger partial charge in [0.05, 0.1) is 18.0 Å². The highest BCUT2D eigenvalue weighted by molar-refractivity contribution is 6.30. The first-order valence-electron chi connectivity index (χ1n) is 8.23. The second-order valence-corrected chi connectivity index (χ2v) is 6.37. The minimum absolute atomic E-state index is 0.136. The molecule has 0 amide bonds. The second-order valence-electron chi connectivity index (χ2n) is 5.93. The number of benzene rings is 2. The monoisotopic (exact) mass is 378 g/mol. The number of aliphatic hydroxyl groups excluding tert-OH is 1. The maximum atomic E-state index is 10.2. The predicted octanol–water partition coefficient (Wildman–Crippen LogP) is 4.69. The van der Waals surface area contributed by atoms with Crippen LogP contribution in [0.15, 0.2) is 93.4 Å². The van der Waals surface area contributed by atoms with Gasteiger partial charge in [0.2, 0.25) is 0 Å². The molecular formula is C20H15ClN4O2. The van der Waals surface area contributed by atoms with Crippen LogP contribution in [0.25, 0.3) is 5.70 Å². The first kappa shape index (κ1) is 17.4. The molecule has 7 heteroatoms. The Bertz CT molecular complexity index is 1040. The van der Waals surface area contributed by atoms with Gasteiger partial charge in [-0.25, -0.2) is 10.1 Å². The summed E-state index contributed by atoms with van der Waals surface area (Å²) in [5.41, 5.74) is 3.90. The molecule has 6 nitrogen and oxygen atoms in total. The highest BCUT2D eigenvalue weighted by Crippen LogP contribution is 2.33. The van der Waals surface area contributed by atoms with Crippen LogP contribution in [-0.2, 0) is 0 Å². The van der Waals surface area contributed by atoms with Crippen LogP contribution in [0.1, 0.15) is 11.1 Å². The Labute approximate surface area is 160 Å². The second kappa shape index (κ2) is 7.28. The molecule has 27 heavy (non-hydrogen) atoms. The molecule has 0 spiro atoms. The third-order valence-electron chi connectivity index (χ3n) is 4.15. The molecule has 2 aromatic carbocycles. The molecule has 0 radical (unpaired) electrons. The van der Waals surface area contributed by atoms with Gasteiger partial charge in [-0.3, -0.25) is 5.21 Å². The Morgan fingerprint density at radius 3 is 2.48 bits per heavy atom. The van der Waals surface area contributed by atoms with Crippen LogP contribution in [0.4, 0.5) is 5.69 Å². The maximum absolute atomic E-state index is 10.2. The van der Waals surface area contributed by atoms with Crippen molar-refractivity contribution < 1.29 is 10.3 Å². The third-order valence-corrected chi connectivity index (χ3v) is 4.41. The minimum atomic E-state index is -0.136. The van der Waals surface area contributed by atoms with E-state index in [1.807, 2.05) is 24.3 Å². The van der Waals surface area contributed by atoms with Crippen molar-refractivity contribution in [3.63, 3.8) is 0 Å². The lowest BCUT2D eigenvalue weighted by Crippen LogP contribution is -2.17. The van der Waals surface area contributed by atoms with Crippen LogP contribution < -0.4 is 0 Å². The Morgan fingerprint density at radius 1 is 1.00 bits per heavy atom. The van der Waals surface area contributed by atoms with E-state index in [1.165, 1.54) is 6.20 Å². The highest BCUT2D eigenvalue weighted by atomic mass is 35.5. The molecule has 0 unspecified atom stereocenters. The van der Waals surface area contributed by atoms with Crippen LogP contribution in [0.5, 0.6) is 0 Å². The summed E-state index contributed by atoms with van der Waals surface area (Å²) < 4.78 is 0. The molecule has 0 bridgehead atoms. The fourth-order valence-corrected chi connectivity index (χ4v) is 2.94. The summed E-state index contributed by atoms with van der Waals surface area (Å²) >= 11 is 5.92. The predicted molar refractivity (Wildman–Crippen MR) is 104 cm³/mol. The number of azo groups is 1. The molecule has 0 aromatic heterocycles. The highest BCUT2D eigenvalue weighted by Gasteiger charge is 2.23. The molecule has 2 heterocycles. The van der Waals surface area contributed by atoms with Gasteiger partial charge in [0.25, 0.3) is 0 Å². The van der Waals surface area contributed by atoms with Gasteiger partial charge in [-0.1, -0.05) is 35.9 Å². The summed E-state index contributed by atoms with van der Waals surface area (Å²) in [6.07, 6.45) is 4.76. The first-order valence-corrected chi connectivity index (χ1v) is 8.61. The first-order chi connectivity index (χ1) is 13.2. The lowest BCUT2D eigenvalue weighted by Gasteiger charge is -2.22. The van der Waals surface area contributed by atoms with Crippen molar-refractivity contribution in [2.45, 2.75) is 0 Å². The van der Waals surface area contributed by atoms with Gasteiger partial charge in [-0.15, -0.1) is 10.2 Å². The van der Waals surface area contributed by atoms with Gasteiger partial charge in [0.1, 0.15) is 5.70 Å². The smallest absolute Gasteiger partial charge is 0.182 e. The number of aliphatic hydroxyl groups is 1. The number of aliphatic imine (C=N–C) groups is 1. The lowest BCUT2D eigenvalue weighted by atomic mass is 10.00. The third kappa shape index (κ3) is 3.46. The van der Waals surface area contributed by atoms with Crippen LogP contribution in [0, 0.1) is 0 Å². The molecule has 2 aromatic rings. The molecule has 2 N–H and O–H groups in total. The fourth-order valence-electron chi connectivity index (χ4n) is 2.81. The molecule has 0 saturated carbocycles. The van der Waals surface area contributed by atoms with E-state index in [-0.39, 0.29) is 6.61 Å². The van der Waals surface area contributed by atoms with Gasteiger partial charge < -0.3 is 5.11 Å². The number of fused-ring (bicyclic) bond motifs is 1. The molecule has 2 aliphatic heterocycles. The number of amidine groups is 1. The number of hydrogen-bond donors (Lipinski definition) is 2. The van der Waals surface area contributed by atoms with Crippen molar-refractivity contribution in [3.8, 4) is 0 Å². The van der Waals surface area contributed by atoms with E-state index in [0.717, 1.165) is 16.2 Å². The van der Waals surface area contributed by atoms with Crippen molar-refractivity contribution in [3.05, 3.63) is 94.3 Å². The molecule has 4 rings (SSSR count). The largest absolute Gasteiger partial charge is 0.392 e. The molecule has 0 aliphatic carbocycles. The Morgan fingerprint density at radius 2 is 1.74 bits per heavy atom. The van der Waals surface area contributed by atoms with Crippen molar-refractivity contribution >= 4 is 28.8 Å². The van der Waals surface area contributed by atoms with Gasteiger partial charge in [0.15, 0.2) is 5.84 Å². The molecule has 0 atom stereocenters. The lowest BCUT2D eigenvalue weighted by molar-refractivity contribution is -0.000150. The number of nitrogens with zero attached hydrogens (tertiary/aromatic N) is 4. The standard InChI is InChI=1S/C20H15ClN4O2/c21-14-5-7-15(8-6-14)22-20-17-4-2-1-3-16(17)19(23-24-20)18-11-13(12-26)9-10-25(18)27/h1-11,26-27H,12H2. The number of hydrogen-bond acceptors (Lipinski definition) is 5. The Balaban J connectivity index is 1.84. The zero-order chi connectivity index (χ0) is 18.8. The Kier molecular flexibility index (Phi) is 4.68. The fraction of sp³-hybridized carbons (Fsp3) is 0.0500. The molecule has 0 fully saturated rings. The van der Waals surface area contributed by atoms with E-state index >= 15 is 0 Å². The number of hydroxylamine groups is 2. The van der Waals surface area contributed by atoms with Crippen LogP contribution in [0.2, 0.25) is 5.02 Å². The average Bonchev–Trinajstić information content (AvgIpc) is 2.70. The van der Waals surface area contributed by atoms with E-state index in [2.05, 4.69) is 15.2 Å². The minimum Gasteiger partial charge on any atom is -0.392 e. The molecule has 0 saturated heterocycles. The molecule has 2 aliphatic rings. The van der Waals surface area contributed by atoms with E-state index in [4.69, 9.17) is 11.6 Å². The number of allylic oxidation sites excluding steroid dienone is 1. The van der Waals surface area contributed by atoms with E-state index in [0.29, 0.717) is 33.5 Å². The van der Waals surface area contributed by atoms with Crippen molar-refractivity contribution in [2.75, 3.05) is 6.61 Å². The van der Waals surface area contributed by atoms with Gasteiger partial charge >= 0.3 is 0 Å². The molecule has 134 valence electrons. The van der Waals surface area contributed by atoms with Crippen molar-refractivity contribution in [2.24, 2.45) is 15.2 Å². The number of rotatable bonds is 2. The van der Waals surface area contributed by atoms with Crippen LogP contribution >= 0.6 is 11.6 Å². The summed E-state index contributed by atoms with van der Waals surface area (Å²) in [4.78, 5) is 4.56. The average molecular weight is 379 g/mol. The van der Waals surface area contributed by atoms with E-state index < -0.39 is 0 Å². The maximum Gasteiger partial charge on any atom is 0.182 e. The summed E-state index contributed by atoms with van der Waals surface area (Å²) in [7, 11) is 0. The van der Waals surface area contributed by atoms with Crippen molar-refractivity contribution in [1.82, 2.24) is 5.06 Å². The van der Waals surface area contributed by atoms with Gasteiger partial charge in [-0.05, 0) is 42.0 Å². The summed E-state index contributed by atoms with van der Waals surface area (Å²) in [5, 5.41) is 29.7. The number of halogens is 1. The van der Waals surface area contributed by atoms with Crippen LogP contribution in [-0.4, -0.2) is 27.8 Å². The van der Waals surface area contributed by atoms with Crippen molar-refractivity contribution in [1.29, 1.82) is 0 Å². The summed E-state index contributed by atoms with van der Waals surface area (Å²) in [5.74, 6) is 0.472. The zero-order valence-corrected chi connectivity index (χ0v) is 14.9. The van der Waals surface area contributed by atoms with Gasteiger partial charge in [-0.2, -0.15) is 0 Å². The topological polar surface area (TPSA) is 80.8 Å². The van der Waals surface area contributed by atoms with E-state index in [9.17, 15) is 10.3 Å².